The van der Waals surface area contributed by atoms with E-state index in [1.165, 1.54) is 11.3 Å². The van der Waals surface area contributed by atoms with E-state index >= 15 is 0 Å². The molecule has 0 aliphatic carbocycles. The number of aryl methyl sites for hydroxylation is 1. The molecule has 94 valence electrons. The summed E-state index contributed by atoms with van der Waals surface area (Å²) in [5.74, 6) is 1.62. The molecule has 1 aliphatic rings. The molecule has 0 unspecified atom stereocenters. The highest BCUT2D eigenvalue weighted by molar-refractivity contribution is 5.40. The van der Waals surface area contributed by atoms with Crippen LogP contribution in [0.1, 0.15) is 30.1 Å². The molecular formula is C14H18N4. The molecule has 0 atom stereocenters. The number of nitrogens with zero attached hydrogens (tertiary/aromatic N) is 3. The molecule has 1 N–H and O–H groups in total. The zero-order valence-corrected chi connectivity index (χ0v) is 10.6. The molecule has 0 saturated carbocycles. The van der Waals surface area contributed by atoms with Gasteiger partial charge < -0.3 is 5.32 Å². The zero-order chi connectivity index (χ0) is 12.4. The van der Waals surface area contributed by atoms with Gasteiger partial charge in [0.2, 0.25) is 0 Å². The molecule has 2 heterocycles. The van der Waals surface area contributed by atoms with Crippen molar-refractivity contribution in [2.75, 3.05) is 13.1 Å². The van der Waals surface area contributed by atoms with Gasteiger partial charge in [0.05, 0.1) is 5.69 Å². The highest BCUT2D eigenvalue weighted by Gasteiger charge is 2.21. The predicted octanol–water partition coefficient (Wildman–Crippen LogP) is 2.04. The van der Waals surface area contributed by atoms with Crippen molar-refractivity contribution < 1.29 is 0 Å². The lowest BCUT2D eigenvalue weighted by atomic mass is 9.97. The fraction of sp³-hybridized carbons (Fsp3) is 0.429. The number of hydrogen-bond donors (Lipinski definition) is 1. The lowest BCUT2D eigenvalue weighted by molar-refractivity contribution is 0.440. The van der Waals surface area contributed by atoms with E-state index in [2.05, 4.69) is 51.3 Å². The summed E-state index contributed by atoms with van der Waals surface area (Å²) in [5.41, 5.74) is 2.45. The Balaban J connectivity index is 1.98. The molecule has 0 spiro atoms. The van der Waals surface area contributed by atoms with Gasteiger partial charge in [0, 0.05) is 5.92 Å². The third kappa shape index (κ3) is 2.04. The van der Waals surface area contributed by atoms with Crippen molar-refractivity contribution in [2.24, 2.45) is 0 Å². The van der Waals surface area contributed by atoms with Gasteiger partial charge in [-0.25, -0.2) is 0 Å². The Morgan fingerprint density at radius 2 is 2.00 bits per heavy atom. The molecule has 1 fully saturated rings. The van der Waals surface area contributed by atoms with Crippen LogP contribution in [0.15, 0.2) is 30.6 Å². The summed E-state index contributed by atoms with van der Waals surface area (Å²) in [6.07, 6.45) is 4.12. The van der Waals surface area contributed by atoms with Gasteiger partial charge in [-0.1, -0.05) is 18.2 Å². The Kier molecular flexibility index (Phi) is 3.11. The number of rotatable bonds is 2. The maximum Gasteiger partial charge on any atom is 0.140 e. The largest absolute Gasteiger partial charge is 0.317 e. The number of benzene rings is 1. The van der Waals surface area contributed by atoms with Gasteiger partial charge in [-0.2, -0.15) is 0 Å². The Labute approximate surface area is 107 Å². The van der Waals surface area contributed by atoms with Crippen molar-refractivity contribution in [1.82, 2.24) is 20.1 Å². The van der Waals surface area contributed by atoms with Crippen LogP contribution in [-0.2, 0) is 0 Å². The molecule has 0 radical (unpaired) electrons. The number of piperidine rings is 1. The third-order valence-electron chi connectivity index (χ3n) is 3.65. The molecular weight excluding hydrogens is 224 g/mol. The summed E-state index contributed by atoms with van der Waals surface area (Å²) in [7, 11) is 0. The van der Waals surface area contributed by atoms with Crippen LogP contribution in [-0.4, -0.2) is 27.9 Å². The van der Waals surface area contributed by atoms with E-state index < -0.39 is 0 Å². The first kappa shape index (κ1) is 11.4. The van der Waals surface area contributed by atoms with Gasteiger partial charge in [0.1, 0.15) is 12.2 Å². The minimum atomic E-state index is 0.522. The number of hydrogen-bond acceptors (Lipinski definition) is 3. The van der Waals surface area contributed by atoms with Gasteiger partial charge in [0.15, 0.2) is 0 Å². The predicted molar refractivity (Wildman–Crippen MR) is 70.9 cm³/mol. The molecule has 18 heavy (non-hydrogen) atoms. The molecule has 1 aromatic heterocycles. The summed E-state index contributed by atoms with van der Waals surface area (Å²) in [6, 6.07) is 8.38. The maximum absolute atomic E-state index is 4.34. The zero-order valence-electron chi connectivity index (χ0n) is 10.6. The molecule has 4 nitrogen and oxygen atoms in total. The van der Waals surface area contributed by atoms with Crippen LogP contribution in [0.3, 0.4) is 0 Å². The van der Waals surface area contributed by atoms with Crippen LogP contribution < -0.4 is 5.32 Å². The third-order valence-corrected chi connectivity index (χ3v) is 3.65. The normalized spacial score (nSPS) is 16.9. The summed E-state index contributed by atoms with van der Waals surface area (Å²) in [6.45, 7) is 4.28. The number of aromatic nitrogens is 3. The van der Waals surface area contributed by atoms with E-state index in [1.54, 1.807) is 0 Å². The SMILES string of the molecule is Cc1ccccc1-n1cnnc1C1CCNCC1. The van der Waals surface area contributed by atoms with E-state index in [4.69, 9.17) is 0 Å². The second-order valence-electron chi connectivity index (χ2n) is 4.87. The molecule has 2 aromatic rings. The quantitative estimate of drug-likeness (QED) is 0.876. The summed E-state index contributed by atoms with van der Waals surface area (Å²) in [4.78, 5) is 0. The number of nitrogens with one attached hydrogen (secondary N) is 1. The summed E-state index contributed by atoms with van der Waals surface area (Å²) in [5, 5.41) is 11.8. The van der Waals surface area contributed by atoms with Crippen LogP contribution >= 0.6 is 0 Å². The fourth-order valence-electron chi connectivity index (χ4n) is 2.62. The monoisotopic (exact) mass is 242 g/mol. The van der Waals surface area contributed by atoms with Crippen molar-refractivity contribution in [3.8, 4) is 5.69 Å². The van der Waals surface area contributed by atoms with Crippen molar-refractivity contribution in [2.45, 2.75) is 25.7 Å². The molecule has 3 rings (SSSR count). The number of para-hydroxylation sites is 1. The van der Waals surface area contributed by atoms with Crippen molar-refractivity contribution in [3.63, 3.8) is 0 Å². The molecule has 0 amide bonds. The van der Waals surface area contributed by atoms with Crippen LogP contribution in [0.2, 0.25) is 0 Å². The Hall–Kier alpha value is -1.68. The van der Waals surface area contributed by atoms with Gasteiger partial charge in [0.25, 0.3) is 0 Å². The van der Waals surface area contributed by atoms with Crippen LogP contribution in [0.25, 0.3) is 5.69 Å². The van der Waals surface area contributed by atoms with E-state index in [1.807, 2.05) is 6.33 Å². The summed E-state index contributed by atoms with van der Waals surface area (Å²) < 4.78 is 2.14. The standard InChI is InChI=1S/C14H18N4/c1-11-4-2-3-5-13(11)18-10-16-17-14(18)12-6-8-15-9-7-12/h2-5,10,12,15H,6-9H2,1H3. The van der Waals surface area contributed by atoms with Crippen LogP contribution in [0.4, 0.5) is 0 Å². The smallest absolute Gasteiger partial charge is 0.140 e. The summed E-state index contributed by atoms with van der Waals surface area (Å²) >= 11 is 0. The lowest BCUT2D eigenvalue weighted by Crippen LogP contribution is -2.28. The highest BCUT2D eigenvalue weighted by Crippen LogP contribution is 2.26. The van der Waals surface area contributed by atoms with Crippen LogP contribution in [0, 0.1) is 6.92 Å². The Morgan fingerprint density at radius 3 is 2.78 bits per heavy atom. The Bertz CT molecular complexity index is 526. The van der Waals surface area contributed by atoms with E-state index in [0.717, 1.165) is 31.8 Å². The molecule has 0 bridgehead atoms. The van der Waals surface area contributed by atoms with Gasteiger partial charge >= 0.3 is 0 Å². The second kappa shape index (κ2) is 4.90. The lowest BCUT2D eigenvalue weighted by Gasteiger charge is -2.22. The molecule has 1 saturated heterocycles. The maximum atomic E-state index is 4.34. The molecule has 1 aliphatic heterocycles. The van der Waals surface area contributed by atoms with Gasteiger partial charge in [-0.3, -0.25) is 4.57 Å². The van der Waals surface area contributed by atoms with Gasteiger partial charge in [-0.05, 0) is 44.5 Å². The second-order valence-corrected chi connectivity index (χ2v) is 4.87. The van der Waals surface area contributed by atoms with Crippen molar-refractivity contribution in [1.29, 1.82) is 0 Å². The van der Waals surface area contributed by atoms with Crippen molar-refractivity contribution >= 4 is 0 Å². The minimum Gasteiger partial charge on any atom is -0.317 e. The van der Waals surface area contributed by atoms with Gasteiger partial charge in [-0.15, -0.1) is 10.2 Å². The first-order chi connectivity index (χ1) is 8.86. The topological polar surface area (TPSA) is 42.7 Å². The molecule has 1 aromatic carbocycles. The first-order valence-corrected chi connectivity index (χ1v) is 6.53. The first-order valence-electron chi connectivity index (χ1n) is 6.53. The fourth-order valence-corrected chi connectivity index (χ4v) is 2.62. The average molecular weight is 242 g/mol. The molecule has 4 heteroatoms. The Morgan fingerprint density at radius 1 is 1.22 bits per heavy atom. The average Bonchev–Trinajstić information content (AvgIpc) is 2.89. The van der Waals surface area contributed by atoms with Crippen LogP contribution in [0.5, 0.6) is 0 Å². The van der Waals surface area contributed by atoms with Crippen molar-refractivity contribution in [3.05, 3.63) is 42.0 Å². The van der Waals surface area contributed by atoms with E-state index in [0.29, 0.717) is 5.92 Å². The minimum absolute atomic E-state index is 0.522. The van der Waals surface area contributed by atoms with E-state index in [9.17, 15) is 0 Å². The highest BCUT2D eigenvalue weighted by atomic mass is 15.3. The van der Waals surface area contributed by atoms with E-state index in [-0.39, 0.29) is 0 Å².